The molecule has 1 unspecified atom stereocenters. The van der Waals surface area contributed by atoms with Crippen LogP contribution >= 0.6 is 22.7 Å². The van der Waals surface area contributed by atoms with Crippen molar-refractivity contribution >= 4 is 33.8 Å². The van der Waals surface area contributed by atoms with Gasteiger partial charge in [0.2, 0.25) is 0 Å². The van der Waals surface area contributed by atoms with Crippen LogP contribution in [0, 0.1) is 0 Å². The molecular formula is C13H17N3O2S2. The van der Waals surface area contributed by atoms with E-state index in [2.05, 4.69) is 15.6 Å². The number of thiazole rings is 1. The number of carbonyl (C=O) groups is 1. The van der Waals surface area contributed by atoms with E-state index in [0.717, 1.165) is 17.0 Å². The van der Waals surface area contributed by atoms with Crippen LogP contribution in [0.4, 0.5) is 9.93 Å². The molecule has 2 aromatic heterocycles. The van der Waals surface area contributed by atoms with Gasteiger partial charge in [0.15, 0.2) is 5.13 Å². The Labute approximate surface area is 125 Å². The highest BCUT2D eigenvalue weighted by molar-refractivity contribution is 7.13. The van der Waals surface area contributed by atoms with Crippen LogP contribution in [0.2, 0.25) is 0 Å². The molecule has 108 valence electrons. The second-order valence-corrected chi connectivity index (χ2v) is 6.36. The predicted octanol–water partition coefficient (Wildman–Crippen LogP) is 2.80. The van der Waals surface area contributed by atoms with E-state index in [9.17, 15) is 9.90 Å². The summed E-state index contributed by atoms with van der Waals surface area (Å²) in [5.74, 6) is 0. The fourth-order valence-corrected chi connectivity index (χ4v) is 3.17. The topological polar surface area (TPSA) is 74.2 Å². The number of aliphatic hydroxyl groups is 1. The Morgan fingerprint density at radius 3 is 2.90 bits per heavy atom. The highest BCUT2D eigenvalue weighted by Crippen LogP contribution is 2.24. The number of carbonyl (C=O) groups excluding carboxylic acids is 1. The third-order valence-electron chi connectivity index (χ3n) is 2.78. The summed E-state index contributed by atoms with van der Waals surface area (Å²) in [6, 6.07) is 3.36. The van der Waals surface area contributed by atoms with Gasteiger partial charge in [-0.15, -0.1) is 22.7 Å². The number of nitrogens with one attached hydrogen (secondary N) is 2. The first-order chi connectivity index (χ1) is 9.51. The van der Waals surface area contributed by atoms with Gasteiger partial charge in [-0.2, -0.15) is 0 Å². The number of aryl methyl sites for hydroxylation is 1. The van der Waals surface area contributed by atoms with Crippen LogP contribution < -0.4 is 10.6 Å². The van der Waals surface area contributed by atoms with Crippen LogP contribution in [-0.2, 0) is 12.0 Å². The molecule has 2 rings (SSSR count). The largest absolute Gasteiger partial charge is 0.383 e. The third-order valence-corrected chi connectivity index (χ3v) is 4.71. The molecule has 0 fully saturated rings. The van der Waals surface area contributed by atoms with Gasteiger partial charge >= 0.3 is 6.03 Å². The summed E-state index contributed by atoms with van der Waals surface area (Å²) in [7, 11) is 0. The van der Waals surface area contributed by atoms with Gasteiger partial charge in [0.25, 0.3) is 0 Å². The molecule has 0 saturated heterocycles. The maximum Gasteiger partial charge on any atom is 0.321 e. The van der Waals surface area contributed by atoms with Crippen molar-refractivity contribution in [2.24, 2.45) is 0 Å². The maximum atomic E-state index is 11.8. The SMILES string of the molecule is CCc1csc(NC(=O)NCC(C)(O)c2cccs2)n1. The first-order valence-electron chi connectivity index (χ1n) is 6.27. The van der Waals surface area contributed by atoms with E-state index in [4.69, 9.17) is 0 Å². The lowest BCUT2D eigenvalue weighted by Crippen LogP contribution is -2.40. The summed E-state index contributed by atoms with van der Waals surface area (Å²) < 4.78 is 0. The molecular weight excluding hydrogens is 294 g/mol. The molecule has 2 heterocycles. The molecule has 7 heteroatoms. The van der Waals surface area contributed by atoms with Gasteiger partial charge in [-0.05, 0) is 24.8 Å². The van der Waals surface area contributed by atoms with Crippen LogP contribution in [0.3, 0.4) is 0 Å². The van der Waals surface area contributed by atoms with E-state index in [1.54, 1.807) is 6.92 Å². The first kappa shape index (κ1) is 15.0. The van der Waals surface area contributed by atoms with Crippen molar-refractivity contribution in [2.75, 3.05) is 11.9 Å². The number of thiophene rings is 1. The molecule has 3 N–H and O–H groups in total. The molecule has 0 bridgehead atoms. The Morgan fingerprint density at radius 1 is 1.50 bits per heavy atom. The average molecular weight is 311 g/mol. The van der Waals surface area contributed by atoms with Crippen LogP contribution in [0.5, 0.6) is 0 Å². The summed E-state index contributed by atoms with van der Waals surface area (Å²) in [4.78, 5) is 16.8. The van der Waals surface area contributed by atoms with Crippen molar-refractivity contribution in [1.82, 2.24) is 10.3 Å². The van der Waals surface area contributed by atoms with Crippen LogP contribution in [0.1, 0.15) is 24.4 Å². The zero-order valence-electron chi connectivity index (χ0n) is 11.3. The Bertz CT molecular complexity index is 564. The van der Waals surface area contributed by atoms with Crippen LogP contribution in [0.25, 0.3) is 0 Å². The summed E-state index contributed by atoms with van der Waals surface area (Å²) >= 11 is 2.85. The van der Waals surface area contributed by atoms with E-state index in [1.807, 2.05) is 29.8 Å². The van der Waals surface area contributed by atoms with Gasteiger partial charge < -0.3 is 10.4 Å². The molecule has 0 spiro atoms. The molecule has 20 heavy (non-hydrogen) atoms. The second kappa shape index (κ2) is 6.34. The van der Waals surface area contributed by atoms with Gasteiger partial charge in [-0.3, -0.25) is 5.32 Å². The molecule has 0 aliphatic carbocycles. The van der Waals surface area contributed by atoms with E-state index < -0.39 is 5.60 Å². The standard InChI is InChI=1S/C13H17N3O2S2/c1-3-9-7-20-12(15-9)16-11(17)14-8-13(2,18)10-5-4-6-19-10/h4-7,18H,3,8H2,1-2H3,(H2,14,15,16,17). The number of nitrogens with zero attached hydrogens (tertiary/aromatic N) is 1. The summed E-state index contributed by atoms with van der Waals surface area (Å²) in [5, 5.41) is 20.0. The number of hydrogen-bond donors (Lipinski definition) is 3. The van der Waals surface area contributed by atoms with Crippen molar-refractivity contribution in [1.29, 1.82) is 0 Å². The smallest absolute Gasteiger partial charge is 0.321 e. The Balaban J connectivity index is 1.86. The molecule has 0 aromatic carbocycles. The lowest BCUT2D eigenvalue weighted by atomic mass is 10.1. The monoisotopic (exact) mass is 311 g/mol. The molecule has 0 aliphatic rings. The second-order valence-electron chi connectivity index (χ2n) is 4.56. The molecule has 2 aromatic rings. The van der Waals surface area contributed by atoms with Gasteiger partial charge in [0.05, 0.1) is 12.2 Å². The zero-order chi connectivity index (χ0) is 14.6. The molecule has 1 atom stereocenters. The van der Waals surface area contributed by atoms with Crippen molar-refractivity contribution in [2.45, 2.75) is 25.9 Å². The quantitative estimate of drug-likeness (QED) is 0.795. The van der Waals surface area contributed by atoms with Crippen molar-refractivity contribution in [3.05, 3.63) is 33.5 Å². The summed E-state index contributed by atoms with van der Waals surface area (Å²) in [6.45, 7) is 3.83. The molecule has 0 radical (unpaired) electrons. The van der Waals surface area contributed by atoms with Crippen molar-refractivity contribution < 1.29 is 9.90 Å². The molecule has 5 nitrogen and oxygen atoms in total. The number of anilines is 1. The van der Waals surface area contributed by atoms with E-state index >= 15 is 0 Å². The van der Waals surface area contributed by atoms with Crippen LogP contribution in [-0.4, -0.2) is 22.7 Å². The fourth-order valence-electron chi connectivity index (χ4n) is 1.59. The van der Waals surface area contributed by atoms with Gasteiger partial charge in [-0.25, -0.2) is 9.78 Å². The Morgan fingerprint density at radius 2 is 2.30 bits per heavy atom. The van der Waals surface area contributed by atoms with Gasteiger partial charge in [0.1, 0.15) is 5.60 Å². The number of aromatic nitrogens is 1. The van der Waals surface area contributed by atoms with E-state index in [-0.39, 0.29) is 12.6 Å². The van der Waals surface area contributed by atoms with Gasteiger partial charge in [0, 0.05) is 10.3 Å². The zero-order valence-corrected chi connectivity index (χ0v) is 13.0. The molecule has 0 aliphatic heterocycles. The van der Waals surface area contributed by atoms with E-state index in [1.165, 1.54) is 22.7 Å². The number of rotatable bonds is 5. The average Bonchev–Trinajstić information content (AvgIpc) is 3.07. The Kier molecular flexibility index (Phi) is 4.74. The normalized spacial score (nSPS) is 13.8. The van der Waals surface area contributed by atoms with Crippen molar-refractivity contribution in [3.63, 3.8) is 0 Å². The van der Waals surface area contributed by atoms with Crippen LogP contribution in [0.15, 0.2) is 22.9 Å². The summed E-state index contributed by atoms with van der Waals surface area (Å²) in [5.41, 5.74) is -0.112. The van der Waals surface area contributed by atoms with Gasteiger partial charge in [-0.1, -0.05) is 13.0 Å². The number of urea groups is 1. The lowest BCUT2D eigenvalue weighted by molar-refractivity contribution is 0.0637. The third kappa shape index (κ3) is 3.78. The van der Waals surface area contributed by atoms with Crippen molar-refractivity contribution in [3.8, 4) is 0 Å². The van der Waals surface area contributed by atoms with E-state index in [0.29, 0.717) is 5.13 Å². The Hall–Kier alpha value is -1.44. The maximum absolute atomic E-state index is 11.8. The first-order valence-corrected chi connectivity index (χ1v) is 8.03. The fraction of sp³-hybridized carbons (Fsp3) is 0.385. The highest BCUT2D eigenvalue weighted by Gasteiger charge is 2.24. The number of hydrogen-bond acceptors (Lipinski definition) is 5. The predicted molar refractivity (Wildman–Crippen MR) is 82.4 cm³/mol. The number of amides is 2. The summed E-state index contributed by atoms with van der Waals surface area (Å²) in [6.07, 6.45) is 0.840. The minimum Gasteiger partial charge on any atom is -0.383 e. The highest BCUT2D eigenvalue weighted by atomic mass is 32.1. The lowest BCUT2D eigenvalue weighted by Gasteiger charge is -2.22. The molecule has 2 amide bonds. The molecule has 0 saturated carbocycles. The minimum atomic E-state index is -1.07. The minimum absolute atomic E-state index is 0.144.